The first kappa shape index (κ1) is 39.2. The van der Waals surface area contributed by atoms with Crippen LogP contribution >= 0.6 is 0 Å². The summed E-state index contributed by atoms with van der Waals surface area (Å²) in [6.45, 7) is 0. The molecule has 0 fully saturated rings. The van der Waals surface area contributed by atoms with Crippen LogP contribution < -0.4 is 11.5 Å². The molecule has 167 valence electrons. The van der Waals surface area contributed by atoms with Gasteiger partial charge in [-0.05, 0) is 24.0 Å². The van der Waals surface area contributed by atoms with Gasteiger partial charge in [0.2, 0.25) is 0 Å². The van der Waals surface area contributed by atoms with Crippen LogP contribution in [0.5, 0.6) is 0 Å². The van der Waals surface area contributed by atoms with Crippen molar-refractivity contribution in [1.82, 2.24) is 0 Å². The summed E-state index contributed by atoms with van der Waals surface area (Å²) in [7, 11) is 0. The molecule has 2 aromatic rings. The molecule has 0 aliphatic heterocycles. The number of aliphatic hydroxyl groups is 4. The van der Waals surface area contributed by atoms with Crippen molar-refractivity contribution >= 4 is 0 Å². The molecule has 0 amide bonds. The normalized spacial score (nSPS) is 11.0. The second kappa shape index (κ2) is 22.4. The van der Waals surface area contributed by atoms with Gasteiger partial charge in [-0.15, -0.1) is 0 Å². The summed E-state index contributed by atoms with van der Waals surface area (Å²) in [6.07, 6.45) is -1.91. The maximum Gasteiger partial charge on any atom is 2.00 e. The van der Waals surface area contributed by atoms with Crippen molar-refractivity contribution in [3.8, 4) is 0 Å². The number of aliphatic hydroxyl groups excluding tert-OH is 2. The molecule has 11 heteroatoms. The SMILES string of the molecule is NC(Cc1ccccc1)C(O)O.NC(Cc1ccccc1)C(O)O.O.O.[Mn+2].[Mn].[Mn]. The standard InChI is InChI=1S/2C9H13NO2.3Mn.2H2O/c2*10-8(9(11)12)6-7-4-2-1-3-5-7;;;;;/h2*1-5,8-9,11-12H,6,10H2;;;;2*1H2/q;;;;+2;;. The number of hydrogen-bond acceptors (Lipinski definition) is 6. The van der Waals surface area contributed by atoms with E-state index in [0.29, 0.717) is 12.8 Å². The quantitative estimate of drug-likeness (QED) is 0.184. The Hall–Kier alpha value is -0.322. The van der Waals surface area contributed by atoms with E-state index < -0.39 is 24.7 Å². The second-order valence-corrected chi connectivity index (χ2v) is 5.53. The van der Waals surface area contributed by atoms with Crippen LogP contribution in [0.25, 0.3) is 0 Å². The van der Waals surface area contributed by atoms with Gasteiger partial charge in [0, 0.05) is 34.1 Å². The van der Waals surface area contributed by atoms with Gasteiger partial charge in [-0.25, -0.2) is 0 Å². The smallest absolute Gasteiger partial charge is 0.412 e. The minimum atomic E-state index is -1.44. The molecule has 3 radical (unpaired) electrons. The third kappa shape index (κ3) is 18.2. The van der Waals surface area contributed by atoms with E-state index in [2.05, 4.69) is 0 Å². The molecule has 2 atom stereocenters. The summed E-state index contributed by atoms with van der Waals surface area (Å²) < 4.78 is 0. The Bertz CT molecular complexity index is 517. The van der Waals surface area contributed by atoms with Crippen molar-refractivity contribution in [3.63, 3.8) is 0 Å². The first-order chi connectivity index (χ1) is 11.4. The van der Waals surface area contributed by atoms with Crippen molar-refractivity contribution in [1.29, 1.82) is 0 Å². The molecule has 0 aliphatic carbocycles. The molecule has 0 aromatic heterocycles. The molecule has 2 aromatic carbocycles. The first-order valence-electron chi connectivity index (χ1n) is 7.71. The summed E-state index contributed by atoms with van der Waals surface area (Å²) in [5.41, 5.74) is 12.9. The summed E-state index contributed by atoms with van der Waals surface area (Å²) in [5, 5.41) is 34.9. The van der Waals surface area contributed by atoms with Gasteiger partial charge >= 0.3 is 17.1 Å². The molecule has 0 bridgehead atoms. The van der Waals surface area contributed by atoms with Gasteiger partial charge in [-0.1, -0.05) is 60.7 Å². The number of benzene rings is 2. The Morgan fingerprint density at radius 1 is 0.586 bits per heavy atom. The van der Waals surface area contributed by atoms with Gasteiger partial charge in [0.25, 0.3) is 0 Å². The van der Waals surface area contributed by atoms with Crippen molar-refractivity contribution in [3.05, 3.63) is 71.8 Å². The Morgan fingerprint density at radius 3 is 1.03 bits per heavy atom. The third-order valence-corrected chi connectivity index (χ3v) is 3.39. The number of nitrogens with two attached hydrogens (primary N) is 2. The van der Waals surface area contributed by atoms with Crippen LogP contribution in [0, 0.1) is 0 Å². The fourth-order valence-corrected chi connectivity index (χ4v) is 1.98. The first-order valence-corrected chi connectivity index (χ1v) is 7.71. The maximum absolute atomic E-state index is 8.71. The zero-order chi connectivity index (χ0) is 17.9. The van der Waals surface area contributed by atoms with Gasteiger partial charge < -0.3 is 42.8 Å². The van der Waals surface area contributed by atoms with E-state index in [1.165, 1.54) is 0 Å². The molecule has 8 nitrogen and oxygen atoms in total. The minimum Gasteiger partial charge on any atom is -0.412 e. The summed E-state index contributed by atoms with van der Waals surface area (Å²) in [6, 6.07) is 17.8. The van der Waals surface area contributed by atoms with Crippen molar-refractivity contribution in [2.75, 3.05) is 0 Å². The Balaban J connectivity index is -0.000000113. The largest absolute Gasteiger partial charge is 2.00 e. The van der Waals surface area contributed by atoms with Crippen LogP contribution in [0.4, 0.5) is 0 Å². The predicted octanol–water partition coefficient (Wildman–Crippen LogP) is -1.92. The van der Waals surface area contributed by atoms with Gasteiger partial charge in [-0.2, -0.15) is 0 Å². The van der Waals surface area contributed by atoms with Crippen LogP contribution in [-0.4, -0.2) is 56.0 Å². The van der Waals surface area contributed by atoms with E-state index in [1.807, 2.05) is 60.7 Å². The van der Waals surface area contributed by atoms with Gasteiger partial charge in [0.05, 0.1) is 12.1 Å². The monoisotopic (exact) mass is 535 g/mol. The van der Waals surface area contributed by atoms with E-state index in [0.717, 1.165) is 11.1 Å². The van der Waals surface area contributed by atoms with E-state index in [9.17, 15) is 0 Å². The third-order valence-electron chi connectivity index (χ3n) is 3.39. The van der Waals surface area contributed by atoms with E-state index >= 15 is 0 Å². The van der Waals surface area contributed by atoms with Crippen LogP contribution in [0.2, 0.25) is 0 Å². The average Bonchev–Trinajstić information content (AvgIpc) is 2.57. The fraction of sp³-hybridized carbons (Fsp3) is 0.333. The summed E-state index contributed by atoms with van der Waals surface area (Å²) >= 11 is 0. The molecule has 2 rings (SSSR count). The number of rotatable bonds is 6. The summed E-state index contributed by atoms with van der Waals surface area (Å²) in [4.78, 5) is 0. The predicted molar refractivity (Wildman–Crippen MR) is 99.9 cm³/mol. The summed E-state index contributed by atoms with van der Waals surface area (Å²) in [5.74, 6) is 0. The molecule has 29 heavy (non-hydrogen) atoms. The molecule has 0 saturated carbocycles. The van der Waals surface area contributed by atoms with Gasteiger partial charge in [0.15, 0.2) is 12.6 Å². The van der Waals surface area contributed by atoms with Crippen LogP contribution in [-0.2, 0) is 64.0 Å². The molecule has 0 aliphatic rings. The fourth-order valence-electron chi connectivity index (χ4n) is 1.98. The van der Waals surface area contributed by atoms with Gasteiger partial charge in [-0.3, -0.25) is 0 Å². The van der Waals surface area contributed by atoms with Crippen LogP contribution in [0.3, 0.4) is 0 Å². The Morgan fingerprint density at radius 2 is 0.828 bits per heavy atom. The molecular weight excluding hydrogens is 505 g/mol. The van der Waals surface area contributed by atoms with Gasteiger partial charge in [0.1, 0.15) is 0 Å². The zero-order valence-electron chi connectivity index (χ0n) is 15.6. The Kier molecular flexibility index (Phi) is 30.2. The van der Waals surface area contributed by atoms with Crippen LogP contribution in [0.1, 0.15) is 11.1 Å². The van der Waals surface area contributed by atoms with E-state index in [4.69, 9.17) is 31.9 Å². The maximum atomic E-state index is 8.71. The van der Waals surface area contributed by atoms with Crippen molar-refractivity contribution < 1.29 is 82.6 Å². The number of hydrogen-bond donors (Lipinski definition) is 6. The Labute approximate surface area is 202 Å². The van der Waals surface area contributed by atoms with Crippen molar-refractivity contribution in [2.45, 2.75) is 37.5 Å². The molecule has 2 unspecified atom stereocenters. The molecule has 0 spiro atoms. The molecule has 0 saturated heterocycles. The van der Waals surface area contributed by atoms with Crippen molar-refractivity contribution in [2.24, 2.45) is 11.5 Å². The van der Waals surface area contributed by atoms with E-state index in [-0.39, 0.29) is 62.2 Å². The molecule has 0 heterocycles. The second-order valence-electron chi connectivity index (χ2n) is 5.53. The minimum absolute atomic E-state index is 0. The average molecular weight is 535 g/mol. The zero-order valence-corrected chi connectivity index (χ0v) is 19.1. The topological polar surface area (TPSA) is 196 Å². The van der Waals surface area contributed by atoms with E-state index in [1.54, 1.807) is 0 Å². The molecule has 12 N–H and O–H groups in total. The molecular formula is C18H30Mn3N2O6+2. The van der Waals surface area contributed by atoms with Crippen LogP contribution in [0.15, 0.2) is 60.7 Å².